The minimum atomic E-state index is -0.610. The first-order valence-corrected chi connectivity index (χ1v) is 6.44. The van der Waals surface area contributed by atoms with Crippen LogP contribution in [0.3, 0.4) is 0 Å². The quantitative estimate of drug-likeness (QED) is 0.780. The van der Waals surface area contributed by atoms with Crippen LogP contribution in [0.1, 0.15) is 20.3 Å². The fraction of sp³-hybridized carbons (Fsp3) is 0.462. The van der Waals surface area contributed by atoms with E-state index in [4.69, 9.17) is 11.6 Å². The number of nitrogens with one attached hydrogen (secondary N) is 2. The van der Waals surface area contributed by atoms with Gasteiger partial charge >= 0.3 is 6.03 Å². The number of hydrogen-bond acceptors (Lipinski definition) is 2. The molecule has 0 spiro atoms. The molecule has 4 nitrogen and oxygen atoms in total. The van der Waals surface area contributed by atoms with Gasteiger partial charge in [-0.1, -0.05) is 25.4 Å². The molecule has 1 aromatic carbocycles. The van der Waals surface area contributed by atoms with Crippen LogP contribution in [0.15, 0.2) is 18.2 Å². The molecule has 0 aromatic heterocycles. The highest BCUT2D eigenvalue weighted by molar-refractivity contribution is 6.30. The molecule has 3 N–H and O–H groups in total. The molecule has 2 amide bonds. The van der Waals surface area contributed by atoms with Gasteiger partial charge in [0.05, 0.1) is 11.8 Å². The summed E-state index contributed by atoms with van der Waals surface area (Å²) >= 11 is 5.60. The van der Waals surface area contributed by atoms with Crippen molar-refractivity contribution < 1.29 is 14.3 Å². The molecule has 0 aliphatic rings. The number of aliphatic hydroxyl groups excluding tert-OH is 1. The van der Waals surface area contributed by atoms with Crippen molar-refractivity contribution in [1.29, 1.82) is 0 Å². The smallest absolute Gasteiger partial charge is 0.319 e. The Hall–Kier alpha value is -1.33. The SMILES string of the molecule is CC(C)CC(O)CNC(=O)Nc1ccc(Cl)cc1F. The van der Waals surface area contributed by atoms with Crippen molar-refractivity contribution in [2.75, 3.05) is 11.9 Å². The summed E-state index contributed by atoms with van der Waals surface area (Å²) in [5.74, 6) is -0.265. The molecule has 0 heterocycles. The molecule has 0 aliphatic carbocycles. The number of benzene rings is 1. The zero-order chi connectivity index (χ0) is 14.4. The van der Waals surface area contributed by atoms with Gasteiger partial charge in [0, 0.05) is 11.6 Å². The molecule has 0 bridgehead atoms. The molecule has 1 rings (SSSR count). The maximum atomic E-state index is 13.4. The lowest BCUT2D eigenvalue weighted by molar-refractivity contribution is 0.148. The number of carbonyl (C=O) groups excluding carboxylic acids is 1. The minimum absolute atomic E-state index is 0.0419. The number of urea groups is 1. The van der Waals surface area contributed by atoms with E-state index >= 15 is 0 Å². The Kier molecular flexibility index (Phi) is 6.05. The average molecular weight is 289 g/mol. The average Bonchev–Trinajstić information content (AvgIpc) is 2.29. The van der Waals surface area contributed by atoms with Crippen molar-refractivity contribution in [2.24, 2.45) is 5.92 Å². The number of halogens is 2. The van der Waals surface area contributed by atoms with E-state index in [1.54, 1.807) is 0 Å². The van der Waals surface area contributed by atoms with E-state index in [0.717, 1.165) is 6.07 Å². The van der Waals surface area contributed by atoms with Crippen LogP contribution in [-0.2, 0) is 0 Å². The number of rotatable bonds is 5. The van der Waals surface area contributed by atoms with Crippen LogP contribution in [0, 0.1) is 11.7 Å². The molecule has 1 aromatic rings. The van der Waals surface area contributed by atoms with Crippen LogP contribution in [0.25, 0.3) is 0 Å². The first kappa shape index (κ1) is 15.7. The van der Waals surface area contributed by atoms with Crippen LogP contribution >= 0.6 is 11.6 Å². The summed E-state index contributed by atoms with van der Waals surface area (Å²) in [6.45, 7) is 4.08. The highest BCUT2D eigenvalue weighted by atomic mass is 35.5. The van der Waals surface area contributed by atoms with E-state index in [1.807, 2.05) is 13.8 Å². The summed E-state index contributed by atoms with van der Waals surface area (Å²) < 4.78 is 13.4. The zero-order valence-corrected chi connectivity index (χ0v) is 11.7. The Morgan fingerprint density at radius 1 is 1.47 bits per heavy atom. The molecule has 1 atom stereocenters. The van der Waals surface area contributed by atoms with Crippen molar-refractivity contribution in [2.45, 2.75) is 26.4 Å². The number of carbonyl (C=O) groups is 1. The number of aliphatic hydroxyl groups is 1. The van der Waals surface area contributed by atoms with Crippen LogP contribution in [0.4, 0.5) is 14.9 Å². The van der Waals surface area contributed by atoms with Crippen LogP contribution in [0.5, 0.6) is 0 Å². The van der Waals surface area contributed by atoms with E-state index in [-0.39, 0.29) is 17.3 Å². The lowest BCUT2D eigenvalue weighted by atomic mass is 10.1. The summed E-state index contributed by atoms with van der Waals surface area (Å²) in [6.07, 6.45) is -0.0175. The van der Waals surface area contributed by atoms with Gasteiger partial charge in [0.1, 0.15) is 5.82 Å². The lowest BCUT2D eigenvalue weighted by Crippen LogP contribution is -2.35. The van der Waals surface area contributed by atoms with Crippen molar-refractivity contribution >= 4 is 23.3 Å². The normalized spacial score (nSPS) is 12.3. The van der Waals surface area contributed by atoms with Crippen LogP contribution in [-0.4, -0.2) is 23.8 Å². The Morgan fingerprint density at radius 3 is 2.74 bits per heavy atom. The zero-order valence-electron chi connectivity index (χ0n) is 10.9. The third kappa shape index (κ3) is 5.89. The van der Waals surface area contributed by atoms with Gasteiger partial charge in [0.2, 0.25) is 0 Å². The van der Waals surface area contributed by atoms with Gasteiger partial charge < -0.3 is 15.7 Å². The summed E-state index contributed by atoms with van der Waals surface area (Å²) in [4.78, 5) is 11.5. The van der Waals surface area contributed by atoms with E-state index in [9.17, 15) is 14.3 Å². The fourth-order valence-electron chi connectivity index (χ4n) is 1.60. The molecule has 19 heavy (non-hydrogen) atoms. The summed E-state index contributed by atoms with van der Waals surface area (Å²) in [6, 6.07) is 3.41. The van der Waals surface area contributed by atoms with E-state index in [1.165, 1.54) is 12.1 Å². The van der Waals surface area contributed by atoms with E-state index in [0.29, 0.717) is 12.3 Å². The summed E-state index contributed by atoms with van der Waals surface area (Å²) in [5, 5.41) is 14.7. The maximum Gasteiger partial charge on any atom is 0.319 e. The molecule has 0 saturated heterocycles. The third-order valence-electron chi connectivity index (χ3n) is 2.42. The molecule has 0 aliphatic heterocycles. The van der Waals surface area contributed by atoms with Crippen LogP contribution in [0.2, 0.25) is 5.02 Å². The fourth-order valence-corrected chi connectivity index (χ4v) is 1.75. The largest absolute Gasteiger partial charge is 0.391 e. The first-order chi connectivity index (χ1) is 8.88. The minimum Gasteiger partial charge on any atom is -0.391 e. The predicted molar refractivity (Wildman–Crippen MR) is 73.9 cm³/mol. The van der Waals surface area contributed by atoms with Crippen molar-refractivity contribution in [3.05, 3.63) is 29.0 Å². The van der Waals surface area contributed by atoms with E-state index < -0.39 is 18.0 Å². The topological polar surface area (TPSA) is 61.4 Å². The number of anilines is 1. The molecule has 1 unspecified atom stereocenters. The van der Waals surface area contributed by atoms with Gasteiger partial charge in [0.15, 0.2) is 0 Å². The van der Waals surface area contributed by atoms with Gasteiger partial charge in [-0.15, -0.1) is 0 Å². The molecule has 0 saturated carbocycles. The maximum absolute atomic E-state index is 13.4. The van der Waals surface area contributed by atoms with Gasteiger partial charge in [-0.05, 0) is 30.5 Å². The molecular weight excluding hydrogens is 271 g/mol. The summed E-state index contributed by atoms with van der Waals surface area (Å²) in [7, 11) is 0. The van der Waals surface area contributed by atoms with Gasteiger partial charge in [-0.25, -0.2) is 9.18 Å². The number of amides is 2. The molecule has 0 fully saturated rings. The van der Waals surface area contributed by atoms with Crippen molar-refractivity contribution in [3.8, 4) is 0 Å². The van der Waals surface area contributed by atoms with Crippen molar-refractivity contribution in [3.63, 3.8) is 0 Å². The Labute approximate surface area is 117 Å². The Balaban J connectivity index is 2.43. The second-order valence-corrected chi connectivity index (χ2v) is 5.18. The highest BCUT2D eigenvalue weighted by Crippen LogP contribution is 2.18. The van der Waals surface area contributed by atoms with Gasteiger partial charge in [0.25, 0.3) is 0 Å². The standard InChI is InChI=1S/C13H18ClFN2O2/c1-8(2)5-10(18)7-16-13(19)17-12-4-3-9(14)6-11(12)15/h3-4,6,8,10,18H,5,7H2,1-2H3,(H2,16,17,19). The van der Waals surface area contributed by atoms with Crippen molar-refractivity contribution in [1.82, 2.24) is 5.32 Å². The number of hydrogen-bond donors (Lipinski definition) is 3. The Morgan fingerprint density at radius 2 is 2.16 bits per heavy atom. The monoisotopic (exact) mass is 288 g/mol. The predicted octanol–water partition coefficient (Wildman–Crippen LogP) is 3.01. The second kappa shape index (κ2) is 7.31. The highest BCUT2D eigenvalue weighted by Gasteiger charge is 2.10. The van der Waals surface area contributed by atoms with E-state index in [2.05, 4.69) is 10.6 Å². The molecule has 106 valence electrons. The third-order valence-corrected chi connectivity index (χ3v) is 2.66. The molecular formula is C13H18ClFN2O2. The second-order valence-electron chi connectivity index (χ2n) is 4.74. The molecule has 0 radical (unpaired) electrons. The Bertz CT molecular complexity index is 441. The van der Waals surface area contributed by atoms with Crippen LogP contribution < -0.4 is 10.6 Å². The van der Waals surface area contributed by atoms with Gasteiger partial charge in [-0.2, -0.15) is 0 Å². The molecule has 6 heteroatoms. The first-order valence-electron chi connectivity index (χ1n) is 6.06. The van der Waals surface area contributed by atoms with Gasteiger partial charge in [-0.3, -0.25) is 0 Å². The summed E-state index contributed by atoms with van der Waals surface area (Å²) in [5.41, 5.74) is 0.0419. The lowest BCUT2D eigenvalue weighted by Gasteiger charge is -2.14.